The van der Waals surface area contributed by atoms with Crippen LogP contribution in [-0.4, -0.2) is 26.4 Å². The van der Waals surface area contributed by atoms with Crippen LogP contribution < -0.4 is 10.9 Å². The van der Waals surface area contributed by atoms with Gasteiger partial charge in [0.2, 0.25) is 5.78 Å². The molecule has 0 atom stereocenters. The van der Waals surface area contributed by atoms with Crippen LogP contribution in [0.3, 0.4) is 0 Å². The summed E-state index contributed by atoms with van der Waals surface area (Å²) < 4.78 is 3.66. The molecule has 2 aromatic heterocycles. The van der Waals surface area contributed by atoms with Crippen LogP contribution in [0.2, 0.25) is 5.02 Å². The van der Waals surface area contributed by atoms with Crippen molar-refractivity contribution >= 4 is 23.3 Å². The van der Waals surface area contributed by atoms with Crippen LogP contribution in [0.25, 0.3) is 28.3 Å². The van der Waals surface area contributed by atoms with E-state index in [1.807, 2.05) is 24.3 Å². The monoisotopic (exact) mass is 472 g/mol. The molecule has 0 radical (unpaired) electrons. The number of imidazole rings is 1. The van der Waals surface area contributed by atoms with E-state index < -0.39 is 0 Å². The Morgan fingerprint density at radius 2 is 1.79 bits per heavy atom. The molecule has 1 amide bonds. The van der Waals surface area contributed by atoms with Gasteiger partial charge in [0.25, 0.3) is 11.5 Å². The van der Waals surface area contributed by atoms with Crippen molar-refractivity contribution < 1.29 is 4.79 Å². The molecular weight excluding hydrogens is 448 g/mol. The summed E-state index contributed by atoms with van der Waals surface area (Å²) in [6, 6.07) is 16.2. The average molecular weight is 473 g/mol. The first-order chi connectivity index (χ1) is 16.5. The third-order valence-electron chi connectivity index (χ3n) is 5.64. The zero-order valence-corrected chi connectivity index (χ0v) is 19.7. The Kier molecular flexibility index (Phi) is 7.15. The fourth-order valence-electron chi connectivity index (χ4n) is 3.86. The van der Waals surface area contributed by atoms with Crippen molar-refractivity contribution in [1.29, 1.82) is 0 Å². The number of hydrogen-bond donors (Lipinski definition) is 1. The summed E-state index contributed by atoms with van der Waals surface area (Å²) in [7, 11) is 0. The fourth-order valence-corrected chi connectivity index (χ4v) is 3.99. The van der Waals surface area contributed by atoms with E-state index in [9.17, 15) is 9.59 Å². The number of carbonyl (C=O) groups excluding carboxylic acids is 1. The number of fused-ring (bicyclic) bond motifs is 1. The predicted molar refractivity (Wildman–Crippen MR) is 136 cm³/mol. The van der Waals surface area contributed by atoms with Gasteiger partial charge in [-0.05, 0) is 36.2 Å². The van der Waals surface area contributed by atoms with Gasteiger partial charge in [0.1, 0.15) is 0 Å². The standard InChI is InChI=1S/C27H25ClN4O2/c1-3-5-6-16-31-24(20-7-9-21(10-8-20)26(34)29-15-4-2)17-25(33)32-18-23(30-27(31)32)19-11-13-22(28)14-12-19/h2,7-14,17-18H,3,5-6,15-16H2,1H3,(H,29,34). The van der Waals surface area contributed by atoms with Crippen molar-refractivity contribution in [3.63, 3.8) is 0 Å². The van der Waals surface area contributed by atoms with E-state index >= 15 is 0 Å². The van der Waals surface area contributed by atoms with Gasteiger partial charge in [0, 0.05) is 35.0 Å². The van der Waals surface area contributed by atoms with Crippen LogP contribution >= 0.6 is 11.6 Å². The molecule has 0 aliphatic rings. The van der Waals surface area contributed by atoms with Gasteiger partial charge in [-0.1, -0.05) is 61.6 Å². The summed E-state index contributed by atoms with van der Waals surface area (Å²) in [5.74, 6) is 2.74. The number of amides is 1. The first-order valence-corrected chi connectivity index (χ1v) is 11.6. The molecule has 34 heavy (non-hydrogen) atoms. The molecule has 2 aromatic carbocycles. The Bertz CT molecular complexity index is 1410. The molecule has 0 aliphatic heterocycles. The van der Waals surface area contributed by atoms with E-state index in [1.54, 1.807) is 40.9 Å². The molecule has 172 valence electrons. The molecule has 1 N–H and O–H groups in total. The molecule has 4 aromatic rings. The maximum Gasteiger partial charge on any atom is 0.259 e. The van der Waals surface area contributed by atoms with Gasteiger partial charge in [-0.3, -0.25) is 14.0 Å². The van der Waals surface area contributed by atoms with Crippen LogP contribution in [0, 0.1) is 12.3 Å². The predicted octanol–water partition coefficient (Wildman–Crippen LogP) is 5.04. The number of unbranched alkanes of at least 4 members (excludes halogenated alkanes) is 2. The number of halogens is 1. The third kappa shape index (κ3) is 4.90. The Morgan fingerprint density at radius 1 is 1.09 bits per heavy atom. The smallest absolute Gasteiger partial charge is 0.259 e. The van der Waals surface area contributed by atoms with Gasteiger partial charge >= 0.3 is 0 Å². The van der Waals surface area contributed by atoms with Gasteiger partial charge < -0.3 is 9.88 Å². The molecule has 2 heterocycles. The van der Waals surface area contributed by atoms with Gasteiger partial charge in [-0.15, -0.1) is 6.42 Å². The third-order valence-corrected chi connectivity index (χ3v) is 5.89. The molecule has 7 heteroatoms. The zero-order valence-electron chi connectivity index (χ0n) is 18.9. The highest BCUT2D eigenvalue weighted by atomic mass is 35.5. The maximum atomic E-state index is 13.1. The average Bonchev–Trinajstić information content (AvgIpc) is 3.30. The topological polar surface area (TPSA) is 68.4 Å². The van der Waals surface area contributed by atoms with E-state index in [4.69, 9.17) is 23.0 Å². The van der Waals surface area contributed by atoms with Crippen molar-refractivity contribution in [1.82, 2.24) is 19.3 Å². The Balaban J connectivity index is 1.80. The molecule has 0 unspecified atom stereocenters. The lowest BCUT2D eigenvalue weighted by Crippen LogP contribution is -2.23. The van der Waals surface area contributed by atoms with E-state index in [-0.39, 0.29) is 18.0 Å². The summed E-state index contributed by atoms with van der Waals surface area (Å²) in [4.78, 5) is 30.1. The first-order valence-electron chi connectivity index (χ1n) is 11.2. The quantitative estimate of drug-likeness (QED) is 0.288. The molecule has 0 spiro atoms. The van der Waals surface area contributed by atoms with E-state index in [0.29, 0.717) is 28.6 Å². The molecule has 4 rings (SSSR count). The summed E-state index contributed by atoms with van der Waals surface area (Å²) in [5.41, 5.74) is 3.52. The van der Waals surface area contributed by atoms with Gasteiger partial charge in [-0.25, -0.2) is 4.98 Å². The van der Waals surface area contributed by atoms with Crippen molar-refractivity contribution in [3.8, 4) is 34.9 Å². The van der Waals surface area contributed by atoms with Gasteiger partial charge in [0.15, 0.2) is 0 Å². The highest BCUT2D eigenvalue weighted by molar-refractivity contribution is 6.30. The Morgan fingerprint density at radius 3 is 2.47 bits per heavy atom. The number of aryl methyl sites for hydroxylation is 1. The molecule has 0 fully saturated rings. The molecule has 0 saturated carbocycles. The number of nitrogens with zero attached hydrogens (tertiary/aromatic N) is 3. The zero-order chi connectivity index (χ0) is 24.1. The number of terminal acetylenes is 1. The minimum absolute atomic E-state index is 0.166. The number of carbonyl (C=O) groups is 1. The summed E-state index contributed by atoms with van der Waals surface area (Å²) in [6.45, 7) is 3.04. The van der Waals surface area contributed by atoms with Crippen LogP contribution in [-0.2, 0) is 6.54 Å². The lowest BCUT2D eigenvalue weighted by Gasteiger charge is -2.15. The lowest BCUT2D eigenvalue weighted by atomic mass is 10.1. The SMILES string of the molecule is C#CCNC(=O)c1ccc(-c2cc(=O)n3cc(-c4ccc(Cl)cc4)nc3n2CCCCC)cc1. The van der Waals surface area contributed by atoms with Crippen molar-refractivity contribution in [2.24, 2.45) is 0 Å². The highest BCUT2D eigenvalue weighted by Gasteiger charge is 2.15. The first kappa shape index (κ1) is 23.3. The summed E-state index contributed by atoms with van der Waals surface area (Å²) >= 11 is 6.03. The largest absolute Gasteiger partial charge is 0.341 e. The van der Waals surface area contributed by atoms with E-state index in [0.717, 1.165) is 36.1 Å². The van der Waals surface area contributed by atoms with Crippen LogP contribution in [0.4, 0.5) is 0 Å². The fraction of sp³-hybridized carbons (Fsp3) is 0.222. The minimum atomic E-state index is -0.235. The van der Waals surface area contributed by atoms with Crippen LogP contribution in [0.5, 0.6) is 0 Å². The lowest BCUT2D eigenvalue weighted by molar-refractivity contribution is 0.0958. The number of aromatic nitrogens is 3. The number of rotatable bonds is 8. The van der Waals surface area contributed by atoms with Crippen LogP contribution in [0.15, 0.2) is 65.6 Å². The maximum absolute atomic E-state index is 13.1. The van der Waals surface area contributed by atoms with Crippen molar-refractivity contribution in [3.05, 3.63) is 81.7 Å². The normalized spacial score (nSPS) is 10.9. The second-order valence-electron chi connectivity index (χ2n) is 7.99. The van der Waals surface area contributed by atoms with E-state index in [2.05, 4.69) is 22.7 Å². The summed E-state index contributed by atoms with van der Waals surface area (Å²) in [5, 5.41) is 3.30. The minimum Gasteiger partial charge on any atom is -0.341 e. The van der Waals surface area contributed by atoms with Gasteiger partial charge in [0.05, 0.1) is 17.9 Å². The molecule has 6 nitrogen and oxygen atoms in total. The number of hydrogen-bond acceptors (Lipinski definition) is 3. The molecular formula is C27H25ClN4O2. The van der Waals surface area contributed by atoms with E-state index in [1.165, 1.54) is 0 Å². The number of nitrogens with one attached hydrogen (secondary N) is 1. The molecule has 0 aliphatic carbocycles. The number of benzene rings is 2. The van der Waals surface area contributed by atoms with Gasteiger partial charge in [-0.2, -0.15) is 0 Å². The van der Waals surface area contributed by atoms with Crippen LogP contribution in [0.1, 0.15) is 36.5 Å². The summed E-state index contributed by atoms with van der Waals surface area (Å²) in [6.07, 6.45) is 10.1. The molecule has 0 saturated heterocycles. The second kappa shape index (κ2) is 10.4. The second-order valence-corrected chi connectivity index (χ2v) is 8.43. The Labute approximate surface area is 203 Å². The highest BCUT2D eigenvalue weighted by Crippen LogP contribution is 2.25. The Hall–Kier alpha value is -3.82. The van der Waals surface area contributed by atoms with Crippen molar-refractivity contribution in [2.75, 3.05) is 6.54 Å². The molecule has 0 bridgehead atoms. The van der Waals surface area contributed by atoms with Crippen molar-refractivity contribution in [2.45, 2.75) is 32.7 Å².